The van der Waals surface area contributed by atoms with Gasteiger partial charge in [-0.05, 0) is 40.3 Å². The highest BCUT2D eigenvalue weighted by Gasteiger charge is 2.31. The van der Waals surface area contributed by atoms with Gasteiger partial charge in [0.15, 0.2) is 17.3 Å². The van der Waals surface area contributed by atoms with Gasteiger partial charge in [-0.25, -0.2) is 4.68 Å². The summed E-state index contributed by atoms with van der Waals surface area (Å²) >= 11 is 0. The maximum atomic E-state index is 13.7. The van der Waals surface area contributed by atoms with Crippen molar-refractivity contribution in [3.63, 3.8) is 0 Å². The molecule has 0 bridgehead atoms. The normalized spacial score (nSPS) is 12.2. The van der Waals surface area contributed by atoms with Crippen molar-refractivity contribution < 1.29 is 18.6 Å². The minimum atomic E-state index is -0.622. The Morgan fingerprint density at radius 1 is 1.00 bits per heavy atom. The van der Waals surface area contributed by atoms with E-state index in [9.17, 15) is 4.79 Å². The monoisotopic (exact) mass is 530 g/mol. The summed E-state index contributed by atoms with van der Waals surface area (Å²) in [5.74, 6) is 2.34. The molecule has 0 amide bonds. The molecule has 5 aromatic rings. The number of furan rings is 1. The molecule has 202 valence electrons. The van der Waals surface area contributed by atoms with Crippen LogP contribution in [0.5, 0.6) is 11.5 Å². The molecule has 0 fully saturated rings. The molecule has 0 saturated carbocycles. The van der Waals surface area contributed by atoms with Crippen molar-refractivity contribution in [1.82, 2.24) is 30.1 Å². The topological polar surface area (TPSA) is 121 Å². The molecule has 2 aromatic carbocycles. The van der Waals surface area contributed by atoms with Crippen LogP contribution in [0.1, 0.15) is 28.8 Å². The molecule has 1 unspecified atom stereocenters. The zero-order valence-electron chi connectivity index (χ0n) is 22.0. The van der Waals surface area contributed by atoms with Gasteiger partial charge in [-0.15, -0.1) is 5.10 Å². The number of methoxy groups -OCH3 is 3. The number of ether oxygens (including phenoxy) is 3. The number of tetrazole rings is 1. The molecule has 11 nitrogen and oxygen atoms in total. The Morgan fingerprint density at radius 2 is 1.79 bits per heavy atom. The highest BCUT2D eigenvalue weighted by Crippen LogP contribution is 2.34. The molecular formula is C28H30N6O5. The van der Waals surface area contributed by atoms with Crippen LogP contribution in [0.4, 0.5) is 0 Å². The predicted molar refractivity (Wildman–Crippen MR) is 144 cm³/mol. The zero-order chi connectivity index (χ0) is 27.2. The van der Waals surface area contributed by atoms with Crippen LogP contribution in [0, 0.1) is 0 Å². The van der Waals surface area contributed by atoms with Crippen molar-refractivity contribution in [3.05, 3.63) is 100.0 Å². The van der Waals surface area contributed by atoms with Gasteiger partial charge in [0.25, 0.3) is 5.56 Å². The van der Waals surface area contributed by atoms with E-state index in [1.54, 1.807) is 38.3 Å². The van der Waals surface area contributed by atoms with Gasteiger partial charge < -0.3 is 23.6 Å². The van der Waals surface area contributed by atoms with Crippen LogP contribution in [0.25, 0.3) is 10.9 Å². The van der Waals surface area contributed by atoms with Gasteiger partial charge in [0.2, 0.25) is 0 Å². The number of nitrogens with zero attached hydrogens (tertiary/aromatic N) is 5. The van der Waals surface area contributed by atoms with E-state index < -0.39 is 6.04 Å². The first-order chi connectivity index (χ1) is 19.1. The van der Waals surface area contributed by atoms with E-state index in [0.717, 1.165) is 16.7 Å². The van der Waals surface area contributed by atoms with Gasteiger partial charge in [-0.3, -0.25) is 9.69 Å². The number of pyridine rings is 1. The largest absolute Gasteiger partial charge is 0.493 e. The third-order valence-corrected chi connectivity index (χ3v) is 6.52. The maximum absolute atomic E-state index is 13.7. The molecule has 3 heterocycles. The standard InChI is InChI=1S/C28H30N6O5/c1-36-13-11-34-27(30-31-32-34)26(33(18-21-10-7-12-39-21)17-19-8-5-4-6-9-19)22-14-20-15-24(37-2)25(38-3)16-23(20)29-28(22)35/h4-10,12,14-16,26H,11,13,17-18H2,1-3H3,(H,29,35). The summed E-state index contributed by atoms with van der Waals surface area (Å²) in [5.41, 5.74) is 1.90. The highest BCUT2D eigenvalue weighted by atomic mass is 16.5. The molecule has 0 spiro atoms. The number of aromatic nitrogens is 5. The number of nitrogens with one attached hydrogen (secondary N) is 1. The molecular weight excluding hydrogens is 500 g/mol. The fourth-order valence-electron chi connectivity index (χ4n) is 4.66. The summed E-state index contributed by atoms with van der Waals surface area (Å²) in [5, 5.41) is 13.3. The molecule has 5 rings (SSSR count). The number of aromatic amines is 1. The lowest BCUT2D eigenvalue weighted by Crippen LogP contribution is -2.35. The van der Waals surface area contributed by atoms with E-state index in [1.807, 2.05) is 54.6 Å². The molecule has 0 saturated heterocycles. The van der Waals surface area contributed by atoms with E-state index in [1.165, 1.54) is 0 Å². The minimum Gasteiger partial charge on any atom is -0.493 e. The second-order valence-electron chi connectivity index (χ2n) is 8.97. The van der Waals surface area contributed by atoms with Crippen molar-refractivity contribution >= 4 is 10.9 Å². The van der Waals surface area contributed by atoms with Crippen LogP contribution in [0.15, 0.2) is 76.1 Å². The Hall–Kier alpha value is -4.48. The highest BCUT2D eigenvalue weighted by molar-refractivity contribution is 5.83. The summed E-state index contributed by atoms with van der Waals surface area (Å²) in [4.78, 5) is 18.9. The second kappa shape index (κ2) is 11.9. The van der Waals surface area contributed by atoms with Crippen LogP contribution in [0.2, 0.25) is 0 Å². The zero-order valence-corrected chi connectivity index (χ0v) is 22.0. The SMILES string of the molecule is COCCn1nnnc1C(c1cc2cc(OC)c(OC)cc2[nH]c1=O)N(Cc1ccccc1)Cc1ccco1. The first-order valence-electron chi connectivity index (χ1n) is 12.5. The smallest absolute Gasteiger partial charge is 0.253 e. The van der Waals surface area contributed by atoms with Gasteiger partial charge in [-0.1, -0.05) is 30.3 Å². The molecule has 39 heavy (non-hydrogen) atoms. The van der Waals surface area contributed by atoms with Gasteiger partial charge in [-0.2, -0.15) is 0 Å². The molecule has 1 N–H and O–H groups in total. The fraction of sp³-hybridized carbons (Fsp3) is 0.286. The molecule has 0 aliphatic rings. The van der Waals surface area contributed by atoms with Crippen LogP contribution in [-0.2, 0) is 24.4 Å². The van der Waals surface area contributed by atoms with Crippen LogP contribution in [-0.4, -0.2) is 58.0 Å². The van der Waals surface area contributed by atoms with E-state index in [0.29, 0.717) is 54.6 Å². The van der Waals surface area contributed by atoms with E-state index >= 15 is 0 Å². The maximum Gasteiger partial charge on any atom is 0.253 e. The number of H-pyrrole nitrogens is 1. The van der Waals surface area contributed by atoms with Gasteiger partial charge in [0.05, 0.1) is 45.7 Å². The van der Waals surface area contributed by atoms with Crippen molar-refractivity contribution in [2.75, 3.05) is 27.9 Å². The molecule has 0 aliphatic heterocycles. The molecule has 1 atom stereocenters. The van der Waals surface area contributed by atoms with Crippen molar-refractivity contribution in [2.45, 2.75) is 25.7 Å². The Kier molecular flexibility index (Phi) is 7.99. The van der Waals surface area contributed by atoms with E-state index in [-0.39, 0.29) is 5.56 Å². The van der Waals surface area contributed by atoms with Crippen LogP contribution >= 0.6 is 0 Å². The summed E-state index contributed by atoms with van der Waals surface area (Å²) in [7, 11) is 4.76. The quantitative estimate of drug-likeness (QED) is 0.258. The number of fused-ring (bicyclic) bond motifs is 1. The molecule has 0 radical (unpaired) electrons. The van der Waals surface area contributed by atoms with Crippen LogP contribution in [0.3, 0.4) is 0 Å². The molecule has 3 aromatic heterocycles. The number of hydrogen-bond acceptors (Lipinski definition) is 9. The molecule has 0 aliphatic carbocycles. The van der Waals surface area contributed by atoms with Gasteiger partial charge in [0, 0.05) is 30.7 Å². The Balaban J connectivity index is 1.70. The lowest BCUT2D eigenvalue weighted by Gasteiger charge is -2.30. The Bertz CT molecular complexity index is 1560. The van der Waals surface area contributed by atoms with Gasteiger partial charge in [0.1, 0.15) is 11.8 Å². The average molecular weight is 531 g/mol. The number of rotatable bonds is 12. The second-order valence-corrected chi connectivity index (χ2v) is 8.97. The number of benzene rings is 2. The van der Waals surface area contributed by atoms with E-state index in [2.05, 4.69) is 25.4 Å². The van der Waals surface area contributed by atoms with Crippen molar-refractivity contribution in [3.8, 4) is 11.5 Å². The summed E-state index contributed by atoms with van der Waals surface area (Å²) in [6, 6.07) is 18.6. The third-order valence-electron chi connectivity index (χ3n) is 6.52. The minimum absolute atomic E-state index is 0.265. The molecule has 11 heteroatoms. The summed E-state index contributed by atoms with van der Waals surface area (Å²) in [6.07, 6.45) is 1.64. The number of hydrogen-bond donors (Lipinski definition) is 1. The first-order valence-corrected chi connectivity index (χ1v) is 12.5. The van der Waals surface area contributed by atoms with Gasteiger partial charge >= 0.3 is 0 Å². The average Bonchev–Trinajstić information content (AvgIpc) is 3.64. The summed E-state index contributed by atoms with van der Waals surface area (Å²) < 4.78 is 23.6. The van der Waals surface area contributed by atoms with Crippen molar-refractivity contribution in [2.24, 2.45) is 0 Å². The van der Waals surface area contributed by atoms with E-state index in [4.69, 9.17) is 18.6 Å². The Labute approximate surface area is 224 Å². The summed E-state index contributed by atoms with van der Waals surface area (Å²) in [6.45, 7) is 1.75. The third kappa shape index (κ3) is 5.69. The Morgan fingerprint density at radius 3 is 2.51 bits per heavy atom. The lowest BCUT2D eigenvalue weighted by atomic mass is 10.0. The van der Waals surface area contributed by atoms with Crippen LogP contribution < -0.4 is 15.0 Å². The predicted octanol–water partition coefficient (Wildman–Crippen LogP) is 3.56. The first kappa shape index (κ1) is 26.1. The fourth-order valence-corrected chi connectivity index (χ4v) is 4.66. The lowest BCUT2D eigenvalue weighted by molar-refractivity contribution is 0.163. The van der Waals surface area contributed by atoms with Crippen molar-refractivity contribution in [1.29, 1.82) is 0 Å².